The SMILES string of the molecule is C=C1C=C(Br)SC(C(=O)OCC)=C1C. The Morgan fingerprint density at radius 1 is 1.71 bits per heavy atom. The molecule has 0 bridgehead atoms. The minimum absolute atomic E-state index is 0.277. The standard InChI is InChI=1S/C10H11BrO2S/c1-4-13-10(12)9-7(3)6(2)5-8(11)14-9/h5H,2,4H2,1,3H3. The van der Waals surface area contributed by atoms with Gasteiger partial charge in [0.05, 0.1) is 10.4 Å². The van der Waals surface area contributed by atoms with E-state index in [9.17, 15) is 4.79 Å². The first-order valence-corrected chi connectivity index (χ1v) is 5.79. The van der Waals surface area contributed by atoms with Crippen molar-refractivity contribution in [3.63, 3.8) is 0 Å². The first-order chi connectivity index (χ1) is 6.56. The summed E-state index contributed by atoms with van der Waals surface area (Å²) in [7, 11) is 0. The van der Waals surface area contributed by atoms with E-state index < -0.39 is 0 Å². The van der Waals surface area contributed by atoms with Crippen molar-refractivity contribution < 1.29 is 9.53 Å². The van der Waals surface area contributed by atoms with E-state index in [0.29, 0.717) is 11.5 Å². The molecular weight excluding hydrogens is 264 g/mol. The molecule has 0 aromatic heterocycles. The van der Waals surface area contributed by atoms with Crippen LogP contribution in [0.25, 0.3) is 0 Å². The normalized spacial score (nSPS) is 16.8. The van der Waals surface area contributed by atoms with E-state index in [1.807, 2.05) is 13.0 Å². The van der Waals surface area contributed by atoms with E-state index in [1.165, 1.54) is 11.8 Å². The molecule has 0 aliphatic carbocycles. The third kappa shape index (κ3) is 2.51. The van der Waals surface area contributed by atoms with E-state index in [4.69, 9.17) is 4.74 Å². The minimum atomic E-state index is -0.277. The summed E-state index contributed by atoms with van der Waals surface area (Å²) in [5.41, 5.74) is 1.73. The first-order valence-electron chi connectivity index (χ1n) is 4.18. The quantitative estimate of drug-likeness (QED) is 0.723. The summed E-state index contributed by atoms with van der Waals surface area (Å²) >= 11 is 4.71. The van der Waals surface area contributed by atoms with E-state index in [2.05, 4.69) is 22.5 Å². The minimum Gasteiger partial charge on any atom is -0.462 e. The van der Waals surface area contributed by atoms with Crippen molar-refractivity contribution in [2.45, 2.75) is 13.8 Å². The number of halogens is 1. The largest absolute Gasteiger partial charge is 0.462 e. The molecular formula is C10H11BrO2S. The van der Waals surface area contributed by atoms with Gasteiger partial charge < -0.3 is 4.74 Å². The number of esters is 1. The van der Waals surface area contributed by atoms with E-state index in [-0.39, 0.29) is 5.97 Å². The topological polar surface area (TPSA) is 26.3 Å². The van der Waals surface area contributed by atoms with Gasteiger partial charge in [-0.25, -0.2) is 4.79 Å². The maximum Gasteiger partial charge on any atom is 0.345 e. The average molecular weight is 275 g/mol. The highest BCUT2D eigenvalue weighted by Crippen LogP contribution is 2.39. The summed E-state index contributed by atoms with van der Waals surface area (Å²) < 4.78 is 5.83. The fourth-order valence-electron chi connectivity index (χ4n) is 0.986. The maximum atomic E-state index is 11.5. The van der Waals surface area contributed by atoms with Gasteiger partial charge in [0.2, 0.25) is 0 Å². The highest BCUT2D eigenvalue weighted by Gasteiger charge is 2.20. The van der Waals surface area contributed by atoms with E-state index in [0.717, 1.165) is 15.0 Å². The van der Waals surface area contributed by atoms with Crippen molar-refractivity contribution in [3.05, 3.63) is 32.5 Å². The molecule has 0 atom stereocenters. The number of allylic oxidation sites excluding steroid dienone is 3. The van der Waals surface area contributed by atoms with E-state index >= 15 is 0 Å². The molecule has 1 aliphatic rings. The molecule has 0 aromatic carbocycles. The van der Waals surface area contributed by atoms with Crippen molar-refractivity contribution in [2.75, 3.05) is 6.61 Å². The molecule has 0 fully saturated rings. The fraction of sp³-hybridized carbons (Fsp3) is 0.300. The molecule has 76 valence electrons. The summed E-state index contributed by atoms with van der Waals surface area (Å²) in [4.78, 5) is 12.1. The van der Waals surface area contributed by atoms with Crippen molar-refractivity contribution in [2.24, 2.45) is 0 Å². The zero-order valence-electron chi connectivity index (χ0n) is 8.09. The van der Waals surface area contributed by atoms with Gasteiger partial charge in [-0.05, 0) is 47.0 Å². The molecule has 0 saturated carbocycles. The molecule has 4 heteroatoms. The van der Waals surface area contributed by atoms with Gasteiger partial charge in [-0.2, -0.15) is 0 Å². The van der Waals surface area contributed by atoms with Crippen LogP contribution in [0.5, 0.6) is 0 Å². The van der Waals surface area contributed by atoms with Crippen molar-refractivity contribution in [1.29, 1.82) is 0 Å². The van der Waals surface area contributed by atoms with Gasteiger partial charge in [-0.15, -0.1) is 0 Å². The Morgan fingerprint density at radius 2 is 2.36 bits per heavy atom. The number of rotatable bonds is 2. The Labute approximate surface area is 96.2 Å². The third-order valence-electron chi connectivity index (χ3n) is 1.77. The predicted octanol–water partition coefficient (Wildman–Crippen LogP) is 3.36. The van der Waals surface area contributed by atoms with Crippen LogP contribution in [0.4, 0.5) is 0 Å². The number of ether oxygens (including phenoxy) is 1. The van der Waals surface area contributed by atoms with Gasteiger partial charge in [-0.3, -0.25) is 0 Å². The summed E-state index contributed by atoms with van der Waals surface area (Å²) in [6.45, 7) is 7.91. The first kappa shape index (κ1) is 11.6. The Morgan fingerprint density at radius 3 is 2.93 bits per heavy atom. The lowest BCUT2D eigenvalue weighted by atomic mass is 10.1. The van der Waals surface area contributed by atoms with Crippen LogP contribution in [-0.2, 0) is 9.53 Å². The molecule has 1 rings (SSSR count). The van der Waals surface area contributed by atoms with Gasteiger partial charge in [0.25, 0.3) is 0 Å². The van der Waals surface area contributed by atoms with Gasteiger partial charge >= 0.3 is 5.97 Å². The maximum absolute atomic E-state index is 11.5. The summed E-state index contributed by atoms with van der Waals surface area (Å²) in [5.74, 6) is -0.277. The lowest BCUT2D eigenvalue weighted by Crippen LogP contribution is -2.09. The molecule has 0 amide bonds. The number of hydrogen-bond acceptors (Lipinski definition) is 3. The number of hydrogen-bond donors (Lipinski definition) is 0. The highest BCUT2D eigenvalue weighted by molar-refractivity contribution is 9.14. The Balaban J connectivity index is 2.92. The van der Waals surface area contributed by atoms with Crippen LogP contribution < -0.4 is 0 Å². The molecule has 0 unspecified atom stereocenters. The number of carbonyl (C=O) groups excluding carboxylic acids is 1. The Kier molecular flexibility index (Phi) is 4.01. The number of thioether (sulfide) groups is 1. The number of carbonyl (C=O) groups is 1. The smallest absolute Gasteiger partial charge is 0.345 e. The third-order valence-corrected chi connectivity index (χ3v) is 3.47. The molecule has 0 radical (unpaired) electrons. The van der Waals surface area contributed by atoms with Crippen LogP contribution in [0.3, 0.4) is 0 Å². The fourth-order valence-corrected chi connectivity index (χ4v) is 2.57. The lowest BCUT2D eigenvalue weighted by molar-refractivity contribution is -0.137. The Bertz CT molecular complexity index is 342. The van der Waals surface area contributed by atoms with Crippen LogP contribution >= 0.6 is 27.7 Å². The molecule has 2 nitrogen and oxygen atoms in total. The molecule has 1 aliphatic heterocycles. The lowest BCUT2D eigenvalue weighted by Gasteiger charge is -2.15. The van der Waals surface area contributed by atoms with Crippen molar-refractivity contribution in [3.8, 4) is 0 Å². The van der Waals surface area contributed by atoms with Crippen molar-refractivity contribution in [1.82, 2.24) is 0 Å². The zero-order chi connectivity index (χ0) is 10.7. The van der Waals surface area contributed by atoms with Gasteiger partial charge in [0.1, 0.15) is 4.91 Å². The Hall–Kier alpha value is -0.480. The summed E-state index contributed by atoms with van der Waals surface area (Å²) in [6, 6.07) is 0. The zero-order valence-corrected chi connectivity index (χ0v) is 10.5. The van der Waals surface area contributed by atoms with Crippen LogP contribution in [0.2, 0.25) is 0 Å². The average Bonchev–Trinajstić information content (AvgIpc) is 2.11. The second-order valence-electron chi connectivity index (χ2n) is 2.75. The summed E-state index contributed by atoms with van der Waals surface area (Å²) in [5, 5.41) is 0. The summed E-state index contributed by atoms with van der Waals surface area (Å²) in [6.07, 6.45) is 1.89. The second-order valence-corrected chi connectivity index (χ2v) is 5.18. The van der Waals surface area contributed by atoms with Crippen LogP contribution in [0.15, 0.2) is 32.5 Å². The van der Waals surface area contributed by atoms with E-state index in [1.54, 1.807) is 6.92 Å². The van der Waals surface area contributed by atoms with Crippen LogP contribution in [-0.4, -0.2) is 12.6 Å². The van der Waals surface area contributed by atoms with Crippen molar-refractivity contribution >= 4 is 33.7 Å². The molecule has 0 saturated heterocycles. The monoisotopic (exact) mass is 274 g/mol. The predicted molar refractivity (Wildman–Crippen MR) is 63.1 cm³/mol. The van der Waals surface area contributed by atoms with Gasteiger partial charge in [-0.1, -0.05) is 18.3 Å². The van der Waals surface area contributed by atoms with Gasteiger partial charge in [0.15, 0.2) is 0 Å². The molecule has 1 heterocycles. The molecule has 0 aromatic rings. The molecule has 0 N–H and O–H groups in total. The van der Waals surface area contributed by atoms with Gasteiger partial charge in [0, 0.05) is 0 Å². The second kappa shape index (κ2) is 4.84. The molecule has 0 spiro atoms. The van der Waals surface area contributed by atoms with Crippen LogP contribution in [0.1, 0.15) is 13.8 Å². The highest BCUT2D eigenvalue weighted by atomic mass is 79.9. The molecule has 14 heavy (non-hydrogen) atoms. The van der Waals surface area contributed by atoms with Crippen LogP contribution in [0, 0.1) is 0 Å².